The number of thiophene rings is 1. The van der Waals surface area contributed by atoms with Gasteiger partial charge < -0.3 is 11.1 Å². The van der Waals surface area contributed by atoms with E-state index >= 15 is 0 Å². The predicted octanol–water partition coefficient (Wildman–Crippen LogP) is 2.69. The molecule has 0 aliphatic heterocycles. The Bertz CT molecular complexity index is 406. The number of amides is 1. The summed E-state index contributed by atoms with van der Waals surface area (Å²) in [4.78, 5) is 13.5. The Morgan fingerprint density at radius 1 is 1.53 bits per heavy atom. The molecule has 3 N–H and O–H groups in total. The van der Waals surface area contributed by atoms with Crippen LogP contribution < -0.4 is 11.1 Å². The number of hydrogen-bond acceptors (Lipinski definition) is 3. The molecule has 1 heterocycles. The Balaban J connectivity index is 0.00000180. The third kappa shape index (κ3) is 3.50. The largest absolute Gasteiger partial charge is 0.352 e. The van der Waals surface area contributed by atoms with Crippen LogP contribution >= 0.6 is 23.7 Å². The summed E-state index contributed by atoms with van der Waals surface area (Å²) in [7, 11) is 0. The van der Waals surface area contributed by atoms with Crippen molar-refractivity contribution in [2.45, 2.75) is 44.6 Å². The number of carbonyl (C=O) groups is 1. The van der Waals surface area contributed by atoms with Crippen molar-refractivity contribution in [1.82, 2.24) is 5.32 Å². The Labute approximate surface area is 125 Å². The Morgan fingerprint density at radius 2 is 2.26 bits per heavy atom. The molecule has 1 aliphatic rings. The van der Waals surface area contributed by atoms with Crippen LogP contribution in [-0.2, 0) is 10.2 Å². The van der Waals surface area contributed by atoms with Crippen molar-refractivity contribution < 1.29 is 4.79 Å². The van der Waals surface area contributed by atoms with Crippen molar-refractivity contribution >= 4 is 29.7 Å². The van der Waals surface area contributed by atoms with Crippen LogP contribution in [0.1, 0.15) is 38.0 Å². The first-order valence-electron chi connectivity index (χ1n) is 6.60. The molecule has 1 saturated carbocycles. The summed E-state index contributed by atoms with van der Waals surface area (Å²) in [6.07, 6.45) is 3.38. The van der Waals surface area contributed by atoms with Gasteiger partial charge >= 0.3 is 0 Å². The molecule has 1 fully saturated rings. The van der Waals surface area contributed by atoms with Gasteiger partial charge in [0.15, 0.2) is 0 Å². The van der Waals surface area contributed by atoms with Crippen LogP contribution in [0, 0.1) is 5.92 Å². The zero-order valence-corrected chi connectivity index (χ0v) is 13.2. The zero-order chi connectivity index (χ0) is 13.2. The number of nitrogens with one attached hydrogen (secondary N) is 1. The van der Waals surface area contributed by atoms with Crippen LogP contribution in [0.4, 0.5) is 0 Å². The third-order valence-corrected chi connectivity index (χ3v) is 5.18. The van der Waals surface area contributed by atoms with Gasteiger partial charge in [0.25, 0.3) is 0 Å². The average molecular weight is 303 g/mol. The van der Waals surface area contributed by atoms with E-state index in [9.17, 15) is 4.79 Å². The summed E-state index contributed by atoms with van der Waals surface area (Å²) in [6.45, 7) is 4.64. The summed E-state index contributed by atoms with van der Waals surface area (Å²) >= 11 is 1.64. The molecule has 2 atom stereocenters. The monoisotopic (exact) mass is 302 g/mol. The van der Waals surface area contributed by atoms with Crippen LogP contribution in [0.25, 0.3) is 0 Å². The van der Waals surface area contributed by atoms with Crippen molar-refractivity contribution in [3.05, 3.63) is 22.4 Å². The van der Waals surface area contributed by atoms with E-state index in [0.717, 1.165) is 17.7 Å². The van der Waals surface area contributed by atoms with E-state index in [2.05, 4.69) is 5.32 Å². The van der Waals surface area contributed by atoms with Crippen molar-refractivity contribution in [1.29, 1.82) is 0 Å². The summed E-state index contributed by atoms with van der Waals surface area (Å²) < 4.78 is 0. The van der Waals surface area contributed by atoms with Gasteiger partial charge in [-0.1, -0.05) is 12.5 Å². The summed E-state index contributed by atoms with van der Waals surface area (Å²) in [5, 5.41) is 5.21. The van der Waals surface area contributed by atoms with Crippen LogP contribution in [-0.4, -0.2) is 18.5 Å². The van der Waals surface area contributed by atoms with E-state index in [1.807, 2.05) is 31.4 Å². The van der Waals surface area contributed by atoms with E-state index in [1.165, 1.54) is 6.42 Å². The van der Waals surface area contributed by atoms with Crippen LogP contribution in [0.3, 0.4) is 0 Å². The zero-order valence-electron chi connectivity index (χ0n) is 11.5. The number of rotatable bonds is 4. The molecule has 5 heteroatoms. The molecule has 0 bridgehead atoms. The lowest BCUT2D eigenvalue weighted by Gasteiger charge is -2.27. The first-order chi connectivity index (χ1) is 8.55. The minimum atomic E-state index is -0.449. The van der Waals surface area contributed by atoms with E-state index in [0.29, 0.717) is 12.5 Å². The molecule has 1 amide bonds. The molecule has 1 aromatic rings. The fourth-order valence-electron chi connectivity index (χ4n) is 2.60. The molecule has 2 rings (SSSR count). The molecule has 1 aromatic heterocycles. The lowest BCUT2D eigenvalue weighted by atomic mass is 9.89. The quantitative estimate of drug-likeness (QED) is 0.898. The van der Waals surface area contributed by atoms with Crippen molar-refractivity contribution in [3.63, 3.8) is 0 Å². The highest BCUT2D eigenvalue weighted by Gasteiger charge is 2.35. The number of hydrogen-bond donors (Lipinski definition) is 2. The highest BCUT2D eigenvalue weighted by Crippen LogP contribution is 2.30. The van der Waals surface area contributed by atoms with Gasteiger partial charge in [-0.3, -0.25) is 4.79 Å². The normalized spacial score (nSPS) is 22.9. The topological polar surface area (TPSA) is 55.1 Å². The lowest BCUT2D eigenvalue weighted by molar-refractivity contribution is -0.126. The Kier molecular flexibility index (Phi) is 5.83. The van der Waals surface area contributed by atoms with Crippen LogP contribution in [0.2, 0.25) is 0 Å². The summed E-state index contributed by atoms with van der Waals surface area (Å²) in [5.74, 6) is 0.573. The van der Waals surface area contributed by atoms with E-state index in [4.69, 9.17) is 5.73 Å². The molecule has 0 spiro atoms. The Morgan fingerprint density at radius 3 is 2.84 bits per heavy atom. The molecular weight excluding hydrogens is 280 g/mol. The minimum Gasteiger partial charge on any atom is -0.352 e. The SMILES string of the molecule is CC(C)(C(=O)NC1CCCC1CN)c1cccs1.Cl. The van der Waals surface area contributed by atoms with E-state index < -0.39 is 5.41 Å². The van der Waals surface area contributed by atoms with Gasteiger partial charge in [-0.15, -0.1) is 23.7 Å². The first-order valence-corrected chi connectivity index (χ1v) is 7.48. The highest BCUT2D eigenvalue weighted by atomic mass is 35.5. The van der Waals surface area contributed by atoms with Crippen LogP contribution in [0.15, 0.2) is 17.5 Å². The molecule has 108 valence electrons. The van der Waals surface area contributed by atoms with Crippen molar-refractivity contribution in [3.8, 4) is 0 Å². The first kappa shape index (κ1) is 16.5. The van der Waals surface area contributed by atoms with Gasteiger partial charge in [-0.2, -0.15) is 0 Å². The fourth-order valence-corrected chi connectivity index (χ4v) is 3.45. The standard InChI is InChI=1S/C14H22N2OS.ClH/c1-14(2,12-7-4-8-18-12)13(17)16-11-6-3-5-10(11)9-15;/h4,7-8,10-11H,3,5-6,9,15H2,1-2H3,(H,16,17);1H. The third-order valence-electron chi connectivity index (χ3n) is 3.98. The van der Waals surface area contributed by atoms with Crippen molar-refractivity contribution in [2.24, 2.45) is 11.7 Å². The van der Waals surface area contributed by atoms with Gasteiger partial charge in [0.2, 0.25) is 5.91 Å². The fraction of sp³-hybridized carbons (Fsp3) is 0.643. The predicted molar refractivity (Wildman–Crippen MR) is 82.9 cm³/mol. The molecule has 0 aromatic carbocycles. The molecule has 3 nitrogen and oxygen atoms in total. The highest BCUT2D eigenvalue weighted by molar-refractivity contribution is 7.10. The van der Waals surface area contributed by atoms with Gasteiger partial charge in [0, 0.05) is 10.9 Å². The van der Waals surface area contributed by atoms with Gasteiger partial charge in [0.05, 0.1) is 5.41 Å². The average Bonchev–Trinajstić information content (AvgIpc) is 2.99. The smallest absolute Gasteiger partial charge is 0.231 e. The number of carbonyl (C=O) groups excluding carboxylic acids is 1. The molecule has 19 heavy (non-hydrogen) atoms. The Hall–Kier alpha value is -0.580. The second-order valence-electron chi connectivity index (χ2n) is 5.61. The molecule has 1 aliphatic carbocycles. The molecule has 0 radical (unpaired) electrons. The maximum Gasteiger partial charge on any atom is 0.231 e. The van der Waals surface area contributed by atoms with Gasteiger partial charge in [-0.25, -0.2) is 0 Å². The van der Waals surface area contributed by atoms with E-state index in [-0.39, 0.29) is 24.4 Å². The molecule has 2 unspecified atom stereocenters. The van der Waals surface area contributed by atoms with Crippen molar-refractivity contribution in [2.75, 3.05) is 6.54 Å². The molecular formula is C14H23ClN2OS. The van der Waals surface area contributed by atoms with Gasteiger partial charge in [-0.05, 0) is 50.6 Å². The van der Waals surface area contributed by atoms with E-state index in [1.54, 1.807) is 11.3 Å². The molecule has 0 saturated heterocycles. The van der Waals surface area contributed by atoms with Gasteiger partial charge in [0.1, 0.15) is 0 Å². The summed E-state index contributed by atoms with van der Waals surface area (Å²) in [6, 6.07) is 4.29. The minimum absolute atomic E-state index is 0. The van der Waals surface area contributed by atoms with Crippen LogP contribution in [0.5, 0.6) is 0 Å². The number of nitrogens with two attached hydrogens (primary N) is 1. The second kappa shape index (κ2) is 6.73. The summed E-state index contributed by atoms with van der Waals surface area (Å²) in [5.41, 5.74) is 5.31. The number of halogens is 1. The second-order valence-corrected chi connectivity index (χ2v) is 6.56. The maximum absolute atomic E-state index is 12.4. The lowest BCUT2D eigenvalue weighted by Crippen LogP contribution is -2.47. The maximum atomic E-state index is 12.4.